The summed E-state index contributed by atoms with van der Waals surface area (Å²) in [6, 6.07) is 16.3. The van der Waals surface area contributed by atoms with Crippen molar-refractivity contribution in [2.45, 2.75) is 0 Å². The van der Waals surface area contributed by atoms with Gasteiger partial charge in [0.05, 0.1) is 4.92 Å². The van der Waals surface area contributed by atoms with Crippen LogP contribution in [0.1, 0.15) is 0 Å². The van der Waals surface area contributed by atoms with Crippen LogP contribution in [0.5, 0.6) is 0 Å². The average molecular weight is 308 g/mol. The Kier molecular flexibility index (Phi) is 5.04. The maximum Gasteiger partial charge on any atom is 0.271 e. The van der Waals surface area contributed by atoms with E-state index in [1.807, 2.05) is 18.2 Å². The van der Waals surface area contributed by atoms with Crippen LogP contribution in [0.25, 0.3) is 0 Å². The molecule has 0 saturated heterocycles. The van der Waals surface area contributed by atoms with Gasteiger partial charge in [-0.2, -0.15) is 5.26 Å². The Balaban J connectivity index is 2.10. The third-order valence-corrected chi connectivity index (χ3v) is 2.84. The highest BCUT2D eigenvalue weighted by atomic mass is 16.6. The number of benzene rings is 2. The summed E-state index contributed by atoms with van der Waals surface area (Å²) >= 11 is 0. The first kappa shape index (κ1) is 15.7. The van der Waals surface area contributed by atoms with E-state index in [9.17, 15) is 14.9 Å². The molecule has 0 heterocycles. The van der Waals surface area contributed by atoms with E-state index in [-0.39, 0.29) is 16.9 Å². The Morgan fingerprint density at radius 2 is 1.83 bits per heavy atom. The van der Waals surface area contributed by atoms with Crippen molar-refractivity contribution in [3.05, 3.63) is 76.5 Å². The topological polar surface area (TPSA) is 108 Å². The molecule has 2 N–H and O–H groups in total. The fraction of sp³-hybridized carbons (Fsp3) is 0. The summed E-state index contributed by atoms with van der Waals surface area (Å²) in [6.45, 7) is 0. The minimum atomic E-state index is -0.656. The van der Waals surface area contributed by atoms with Gasteiger partial charge in [0.2, 0.25) is 0 Å². The standard InChI is InChI=1S/C16H12N4O3/c17-10-12(11-18-13-5-2-1-3-6-13)16(21)19-14-7-4-8-15(9-14)20(22)23/h1-9,11,18H,(H,19,21)/b12-11-. The van der Waals surface area contributed by atoms with E-state index in [0.29, 0.717) is 0 Å². The molecule has 0 spiro atoms. The molecule has 1 amide bonds. The van der Waals surface area contributed by atoms with E-state index >= 15 is 0 Å². The van der Waals surface area contributed by atoms with Crippen LogP contribution in [-0.2, 0) is 4.79 Å². The zero-order valence-corrected chi connectivity index (χ0v) is 11.9. The quantitative estimate of drug-likeness (QED) is 0.382. The van der Waals surface area contributed by atoms with E-state index < -0.39 is 10.8 Å². The maximum absolute atomic E-state index is 12.0. The summed E-state index contributed by atoms with van der Waals surface area (Å²) in [7, 11) is 0. The molecule has 0 unspecified atom stereocenters. The summed E-state index contributed by atoms with van der Waals surface area (Å²) in [6.07, 6.45) is 1.28. The molecule has 7 heteroatoms. The van der Waals surface area contributed by atoms with Crippen molar-refractivity contribution in [2.24, 2.45) is 0 Å². The smallest absolute Gasteiger partial charge is 0.271 e. The van der Waals surface area contributed by atoms with Crippen LogP contribution in [0.2, 0.25) is 0 Å². The van der Waals surface area contributed by atoms with Gasteiger partial charge < -0.3 is 10.6 Å². The first-order valence-corrected chi connectivity index (χ1v) is 6.58. The van der Waals surface area contributed by atoms with Crippen LogP contribution in [0.3, 0.4) is 0 Å². The number of nitro groups is 1. The molecule has 2 aromatic rings. The Morgan fingerprint density at radius 1 is 1.13 bits per heavy atom. The lowest BCUT2D eigenvalue weighted by Gasteiger charge is -2.05. The van der Waals surface area contributed by atoms with Gasteiger partial charge in [-0.25, -0.2) is 0 Å². The van der Waals surface area contributed by atoms with E-state index in [1.165, 1.54) is 30.5 Å². The minimum Gasteiger partial charge on any atom is -0.360 e. The van der Waals surface area contributed by atoms with Crippen molar-refractivity contribution < 1.29 is 9.72 Å². The lowest BCUT2D eigenvalue weighted by molar-refractivity contribution is -0.384. The number of hydrogen-bond donors (Lipinski definition) is 2. The first-order chi connectivity index (χ1) is 11.1. The molecule has 0 aliphatic rings. The molecule has 0 aliphatic carbocycles. The molecule has 0 fully saturated rings. The van der Waals surface area contributed by atoms with Crippen molar-refractivity contribution in [1.82, 2.24) is 0 Å². The summed E-state index contributed by atoms with van der Waals surface area (Å²) in [4.78, 5) is 22.2. The van der Waals surface area contributed by atoms with Crippen LogP contribution in [0, 0.1) is 21.4 Å². The summed E-state index contributed by atoms with van der Waals surface area (Å²) in [5.74, 6) is -0.656. The van der Waals surface area contributed by atoms with Crippen molar-refractivity contribution in [3.8, 4) is 6.07 Å². The number of hydrogen-bond acceptors (Lipinski definition) is 5. The Hall–Kier alpha value is -3.66. The predicted molar refractivity (Wildman–Crippen MR) is 85.5 cm³/mol. The maximum atomic E-state index is 12.0. The number of nitro benzene ring substituents is 1. The second kappa shape index (κ2) is 7.38. The van der Waals surface area contributed by atoms with Gasteiger partial charge >= 0.3 is 0 Å². The van der Waals surface area contributed by atoms with Gasteiger partial charge in [0.25, 0.3) is 11.6 Å². The normalized spacial score (nSPS) is 10.5. The second-order valence-corrected chi connectivity index (χ2v) is 4.44. The number of carbonyl (C=O) groups excluding carboxylic acids is 1. The Morgan fingerprint density at radius 3 is 2.48 bits per heavy atom. The van der Waals surface area contributed by atoms with Crippen LogP contribution in [0.15, 0.2) is 66.4 Å². The molecule has 114 valence electrons. The van der Waals surface area contributed by atoms with Gasteiger partial charge in [-0.15, -0.1) is 0 Å². The lowest BCUT2D eigenvalue weighted by Crippen LogP contribution is -2.14. The van der Waals surface area contributed by atoms with E-state index in [4.69, 9.17) is 5.26 Å². The second-order valence-electron chi connectivity index (χ2n) is 4.44. The highest BCUT2D eigenvalue weighted by Gasteiger charge is 2.11. The number of para-hydroxylation sites is 1. The number of amides is 1. The summed E-state index contributed by atoms with van der Waals surface area (Å²) in [5.41, 5.74) is 0.668. The van der Waals surface area contributed by atoms with Crippen molar-refractivity contribution in [1.29, 1.82) is 5.26 Å². The third kappa shape index (κ3) is 4.41. The van der Waals surface area contributed by atoms with Crippen LogP contribution >= 0.6 is 0 Å². The van der Waals surface area contributed by atoms with Gasteiger partial charge in [-0.05, 0) is 18.2 Å². The highest BCUT2D eigenvalue weighted by Crippen LogP contribution is 2.17. The fourth-order valence-corrected chi connectivity index (χ4v) is 1.73. The molecule has 2 aromatic carbocycles. The van der Waals surface area contributed by atoms with Crippen molar-refractivity contribution >= 4 is 23.0 Å². The molecule has 0 aliphatic heterocycles. The molecule has 0 radical (unpaired) electrons. The first-order valence-electron chi connectivity index (χ1n) is 6.58. The predicted octanol–water partition coefficient (Wildman–Crippen LogP) is 3.05. The number of carbonyl (C=O) groups is 1. The highest BCUT2D eigenvalue weighted by molar-refractivity contribution is 6.06. The van der Waals surface area contributed by atoms with Crippen molar-refractivity contribution in [2.75, 3.05) is 10.6 Å². The molecular formula is C16H12N4O3. The zero-order valence-electron chi connectivity index (χ0n) is 11.9. The number of nitrogens with one attached hydrogen (secondary N) is 2. The van der Waals surface area contributed by atoms with Crippen LogP contribution in [0.4, 0.5) is 17.1 Å². The molecule has 0 atom stereocenters. The third-order valence-electron chi connectivity index (χ3n) is 2.84. The Labute approximate surface area is 132 Å². The number of anilines is 2. The number of nitriles is 1. The minimum absolute atomic E-state index is 0.146. The van der Waals surface area contributed by atoms with Crippen LogP contribution < -0.4 is 10.6 Å². The van der Waals surface area contributed by atoms with Gasteiger partial charge in [0.15, 0.2) is 0 Å². The largest absolute Gasteiger partial charge is 0.360 e. The van der Waals surface area contributed by atoms with Crippen LogP contribution in [-0.4, -0.2) is 10.8 Å². The van der Waals surface area contributed by atoms with Gasteiger partial charge in [-0.1, -0.05) is 24.3 Å². The van der Waals surface area contributed by atoms with E-state index in [0.717, 1.165) is 5.69 Å². The zero-order chi connectivity index (χ0) is 16.7. The molecule has 0 saturated carbocycles. The van der Waals surface area contributed by atoms with Crippen molar-refractivity contribution in [3.63, 3.8) is 0 Å². The number of non-ortho nitro benzene ring substituents is 1. The molecule has 0 bridgehead atoms. The summed E-state index contributed by atoms with van der Waals surface area (Å²) in [5, 5.41) is 25.1. The molecule has 2 rings (SSSR count). The van der Waals surface area contributed by atoms with E-state index in [2.05, 4.69) is 10.6 Å². The van der Waals surface area contributed by atoms with Gasteiger partial charge in [-0.3, -0.25) is 14.9 Å². The molecule has 7 nitrogen and oxygen atoms in total. The lowest BCUT2D eigenvalue weighted by atomic mass is 10.2. The number of rotatable bonds is 5. The summed E-state index contributed by atoms with van der Waals surface area (Å²) < 4.78 is 0. The molecule has 23 heavy (non-hydrogen) atoms. The average Bonchev–Trinajstić information content (AvgIpc) is 2.56. The SMILES string of the molecule is N#C/C(=C/Nc1ccccc1)C(=O)Nc1cccc([N+](=O)[O-])c1. The fourth-order valence-electron chi connectivity index (χ4n) is 1.73. The van der Waals surface area contributed by atoms with Gasteiger partial charge in [0, 0.05) is 29.7 Å². The monoisotopic (exact) mass is 308 g/mol. The van der Waals surface area contributed by atoms with Gasteiger partial charge in [0.1, 0.15) is 11.6 Å². The molecule has 0 aromatic heterocycles. The van der Waals surface area contributed by atoms with E-state index in [1.54, 1.807) is 18.2 Å². The number of nitrogens with zero attached hydrogens (tertiary/aromatic N) is 2. The Bertz CT molecular complexity index is 794. The molecular weight excluding hydrogens is 296 g/mol.